The first kappa shape index (κ1) is 28.2. The van der Waals surface area contributed by atoms with E-state index >= 15 is 0 Å². The Morgan fingerprint density at radius 3 is 1.44 bits per heavy atom. The van der Waals surface area contributed by atoms with Crippen molar-refractivity contribution in [3.63, 3.8) is 0 Å². The van der Waals surface area contributed by atoms with Crippen LogP contribution in [0.5, 0.6) is 0 Å². The van der Waals surface area contributed by atoms with E-state index in [1.54, 1.807) is 27.7 Å². The summed E-state index contributed by atoms with van der Waals surface area (Å²) in [5.41, 5.74) is 0. The Hall–Kier alpha value is -0.0531. The van der Waals surface area contributed by atoms with Gasteiger partial charge in [-0.15, -0.1) is 0 Å². The molecule has 12 heteroatoms. The van der Waals surface area contributed by atoms with Crippen LogP contribution in [-0.2, 0) is 36.7 Å². The van der Waals surface area contributed by atoms with E-state index in [-0.39, 0.29) is 26.4 Å². The van der Waals surface area contributed by atoms with Gasteiger partial charge in [0, 0.05) is 0 Å². The van der Waals surface area contributed by atoms with Gasteiger partial charge < -0.3 is 27.6 Å². The predicted molar refractivity (Wildman–Crippen MR) is 132 cm³/mol. The average molecular weight is 529 g/mol. The van der Waals surface area contributed by atoms with E-state index in [1.165, 1.54) is 24.3 Å². The lowest BCUT2D eigenvalue weighted by molar-refractivity contribution is -0.144. The topological polar surface area (TPSA) is 89.5 Å². The van der Waals surface area contributed by atoms with Gasteiger partial charge in [0.15, 0.2) is 0 Å². The van der Waals surface area contributed by atoms with Crippen LogP contribution >= 0.6 is 27.0 Å². The minimum Gasteiger partial charge on any atom is -0.450 e. The molecule has 8 nitrogen and oxygen atoms in total. The molecule has 186 valence electrons. The molecule has 2 aliphatic heterocycles. The van der Waals surface area contributed by atoms with Crippen molar-refractivity contribution >= 4 is 35.0 Å². The minimum absolute atomic E-state index is 0.244. The quantitative estimate of drug-likeness (QED) is 0.194. The van der Waals surface area contributed by atoms with Crippen molar-refractivity contribution in [2.24, 2.45) is 0 Å². The lowest BCUT2D eigenvalue weighted by atomic mass is 9.95. The first-order chi connectivity index (χ1) is 14.9. The van der Waals surface area contributed by atoms with Gasteiger partial charge in [-0.05, 0) is 46.8 Å². The van der Waals surface area contributed by atoms with Crippen molar-refractivity contribution in [3.8, 4) is 0 Å². The largest absolute Gasteiger partial charge is 0.450 e. The first-order valence-corrected chi connectivity index (χ1v) is 18.8. The molecule has 0 aromatic carbocycles. The van der Waals surface area contributed by atoms with Crippen LogP contribution in [0, 0.1) is 0 Å². The number of hydrogen-bond donors (Lipinski definition) is 0. The van der Waals surface area contributed by atoms with Crippen LogP contribution in [-0.4, -0.2) is 45.9 Å². The maximum absolute atomic E-state index is 13.6. The highest BCUT2D eigenvalue weighted by Crippen LogP contribution is 2.74. The van der Waals surface area contributed by atoms with E-state index in [4.69, 9.17) is 27.6 Å². The molecule has 0 radical (unpaired) electrons. The van der Waals surface area contributed by atoms with E-state index in [9.17, 15) is 9.13 Å². The van der Waals surface area contributed by atoms with Crippen LogP contribution < -0.4 is 0 Å². The zero-order valence-electron chi connectivity index (χ0n) is 20.5. The van der Waals surface area contributed by atoms with Crippen LogP contribution in [0.4, 0.5) is 0 Å². The zero-order valence-corrected chi connectivity index (χ0v) is 24.1. The summed E-state index contributed by atoms with van der Waals surface area (Å²) >= 11 is 1.44. The highest BCUT2D eigenvalue weighted by molar-refractivity contribution is 7.99. The molecule has 0 aromatic heterocycles. The molecular weight excluding hydrogens is 490 g/mol. The van der Waals surface area contributed by atoms with Gasteiger partial charge >= 0.3 is 20.3 Å². The highest BCUT2D eigenvalue weighted by Gasteiger charge is 2.67. The van der Waals surface area contributed by atoms with Gasteiger partial charge in [-0.1, -0.05) is 31.4 Å². The van der Waals surface area contributed by atoms with Crippen LogP contribution in [0.25, 0.3) is 0 Å². The van der Waals surface area contributed by atoms with Crippen molar-refractivity contribution in [3.05, 3.63) is 23.2 Å². The predicted octanol–water partition coefficient (Wildman–Crippen LogP) is 7.14. The summed E-state index contributed by atoms with van der Waals surface area (Å²) in [6.07, 6.45) is 5.61. The van der Waals surface area contributed by atoms with Crippen molar-refractivity contribution in [2.45, 2.75) is 70.3 Å². The van der Waals surface area contributed by atoms with Gasteiger partial charge in [0.2, 0.25) is 0 Å². The van der Waals surface area contributed by atoms with Crippen molar-refractivity contribution < 1.29 is 36.7 Å². The van der Waals surface area contributed by atoms with Gasteiger partial charge in [-0.3, -0.25) is 9.13 Å². The van der Waals surface area contributed by atoms with E-state index in [1.807, 2.05) is 6.26 Å². The number of rotatable bonds is 12. The molecule has 0 spiro atoms. The van der Waals surface area contributed by atoms with Crippen molar-refractivity contribution in [2.75, 3.05) is 32.7 Å². The summed E-state index contributed by atoms with van der Waals surface area (Å²) in [4.78, 5) is 0. The monoisotopic (exact) mass is 528 g/mol. The number of fused-ring (bicyclic) bond motifs is 1. The van der Waals surface area contributed by atoms with Gasteiger partial charge in [-0.25, -0.2) is 0 Å². The lowest BCUT2D eigenvalue weighted by Gasteiger charge is -2.57. The molecule has 0 saturated heterocycles. The third-order valence-electron chi connectivity index (χ3n) is 5.86. The Balaban J connectivity index is 2.65. The van der Waals surface area contributed by atoms with Gasteiger partial charge in [0.25, 0.3) is 0 Å². The normalized spacial score (nSPS) is 26.5. The molecule has 2 rings (SSSR count). The van der Waals surface area contributed by atoms with Crippen LogP contribution in [0.1, 0.15) is 40.5 Å². The fraction of sp³-hybridized carbons (Fsp3) is 0.800. The van der Waals surface area contributed by atoms with Gasteiger partial charge in [0.05, 0.1) is 50.2 Å². The maximum Gasteiger partial charge on any atom is 0.360 e. The Morgan fingerprint density at radius 2 is 1.19 bits per heavy atom. The Kier molecular flexibility index (Phi) is 9.42. The molecule has 0 bridgehead atoms. The van der Waals surface area contributed by atoms with Gasteiger partial charge in [-0.2, -0.15) is 0 Å². The molecule has 32 heavy (non-hydrogen) atoms. The molecule has 0 N–H and O–H groups in total. The number of thioether (sulfide) groups is 1. The Bertz CT molecular complexity index is 751. The first-order valence-electron chi connectivity index (χ1n) is 11.0. The number of ether oxygens (including phenoxy) is 2. The van der Waals surface area contributed by atoms with Crippen LogP contribution in [0.2, 0.25) is 24.7 Å². The summed E-state index contributed by atoms with van der Waals surface area (Å²) in [6, 6.07) is 0. The molecular formula is C20H38O8P2SSi. The number of hydrogen-bond acceptors (Lipinski definition) is 9. The third-order valence-corrected chi connectivity index (χ3v) is 15.0. The molecule has 0 fully saturated rings. The molecule has 2 aliphatic rings. The molecule has 2 heterocycles. The molecule has 0 unspecified atom stereocenters. The molecule has 0 saturated carbocycles. The molecule has 0 aromatic rings. The highest BCUT2D eigenvalue weighted by atomic mass is 32.2. The fourth-order valence-corrected chi connectivity index (χ4v) is 12.5. The average Bonchev–Trinajstić information content (AvgIpc) is 2.72. The van der Waals surface area contributed by atoms with E-state index in [0.717, 1.165) is 0 Å². The summed E-state index contributed by atoms with van der Waals surface area (Å²) in [6.45, 7) is 14.7. The van der Waals surface area contributed by atoms with Gasteiger partial charge in [0.1, 0.15) is 12.5 Å². The maximum atomic E-state index is 13.6. The second-order valence-electron chi connectivity index (χ2n) is 8.57. The Labute approximate surface area is 197 Å². The zero-order chi connectivity index (χ0) is 24.3. The third kappa shape index (κ3) is 4.99. The molecule has 0 atom stereocenters. The van der Waals surface area contributed by atoms with E-state index in [2.05, 4.69) is 19.6 Å². The molecule has 0 amide bonds. The summed E-state index contributed by atoms with van der Waals surface area (Å²) in [5, 5.41) is -0.750. The summed E-state index contributed by atoms with van der Waals surface area (Å²) in [7, 11) is -9.29. The second-order valence-corrected chi connectivity index (χ2v) is 19.1. The summed E-state index contributed by atoms with van der Waals surface area (Å²) in [5.74, 6) is 0. The van der Waals surface area contributed by atoms with E-state index < -0.39 is 33.4 Å². The fourth-order valence-electron chi connectivity index (χ4n) is 4.22. The second kappa shape index (κ2) is 10.7. The molecule has 0 aliphatic carbocycles. The van der Waals surface area contributed by atoms with Crippen molar-refractivity contribution in [1.29, 1.82) is 0 Å². The summed E-state index contributed by atoms with van der Waals surface area (Å²) < 4.78 is 62.3. The SMILES string of the molecule is CCOP(=O)(OCC)C1=COC2(SC)OC=C(P(=O)(OCC)OCC)CC2([Si](C)(C)C)C1. The minimum atomic E-state index is -3.55. The van der Waals surface area contributed by atoms with E-state index in [0.29, 0.717) is 23.5 Å². The standard InChI is InChI=1S/C20H38O8P2SSi/c1-9-25-29(21,26-10-2)17-13-19(32(6,7)8)14-18(30(22,27-11-3)28-12-4)16-24-20(19,31-5)23-15-17/h15-16H,9-14H2,1-8H3. The van der Waals surface area contributed by atoms with Crippen LogP contribution in [0.3, 0.4) is 0 Å². The Morgan fingerprint density at radius 1 is 0.844 bits per heavy atom. The lowest BCUT2D eigenvalue weighted by Crippen LogP contribution is -2.58. The number of allylic oxidation sites excluding steroid dienone is 2. The van der Waals surface area contributed by atoms with Crippen molar-refractivity contribution in [1.82, 2.24) is 0 Å². The van der Waals surface area contributed by atoms with Crippen LogP contribution in [0.15, 0.2) is 23.2 Å². The smallest absolute Gasteiger partial charge is 0.360 e.